The van der Waals surface area contributed by atoms with E-state index in [9.17, 15) is 9.18 Å². The lowest BCUT2D eigenvalue weighted by molar-refractivity contribution is -0.145. The third-order valence-corrected chi connectivity index (χ3v) is 3.71. The van der Waals surface area contributed by atoms with E-state index in [4.69, 9.17) is 4.74 Å². The molecule has 1 atom stereocenters. The Morgan fingerprint density at radius 3 is 2.90 bits per heavy atom. The summed E-state index contributed by atoms with van der Waals surface area (Å²) in [6.07, 6.45) is 1.63. The molecule has 0 saturated heterocycles. The molecule has 0 radical (unpaired) electrons. The first-order valence-corrected chi connectivity index (χ1v) is 7.94. The van der Waals surface area contributed by atoms with Crippen molar-refractivity contribution in [1.29, 1.82) is 0 Å². The third kappa shape index (κ3) is 6.39. The fourth-order valence-electron chi connectivity index (χ4n) is 1.72. The summed E-state index contributed by atoms with van der Waals surface area (Å²) in [5, 5.41) is 3.19. The number of carbonyl (C=O) groups is 1. The number of carbonyl (C=O) groups excluding carboxylic acids is 1. The molecule has 0 bridgehead atoms. The summed E-state index contributed by atoms with van der Waals surface area (Å²) in [6, 6.07) is 6.20. The number of thioether (sulfide) groups is 1. The minimum Gasteiger partial charge on any atom is -0.465 e. The monoisotopic (exact) mass is 299 g/mol. The summed E-state index contributed by atoms with van der Waals surface area (Å²) in [4.78, 5) is 12.7. The molecule has 5 heteroatoms. The normalized spacial score (nSPS) is 12.2. The van der Waals surface area contributed by atoms with Crippen LogP contribution in [0.5, 0.6) is 0 Å². The number of hydrogen-bond acceptors (Lipinski definition) is 4. The molecule has 1 rings (SSSR count). The zero-order chi connectivity index (χ0) is 14.8. The number of ether oxygens (including phenoxy) is 1. The summed E-state index contributed by atoms with van der Waals surface area (Å²) in [5.41, 5.74) is 0. The van der Waals surface area contributed by atoms with Crippen molar-refractivity contribution in [2.45, 2.75) is 37.6 Å². The van der Waals surface area contributed by atoms with Crippen LogP contribution in [-0.4, -0.2) is 30.9 Å². The molecule has 1 aromatic rings. The van der Waals surface area contributed by atoms with Crippen LogP contribution in [0.4, 0.5) is 4.39 Å². The van der Waals surface area contributed by atoms with E-state index in [-0.39, 0.29) is 17.8 Å². The maximum atomic E-state index is 13.0. The van der Waals surface area contributed by atoms with Gasteiger partial charge in [0.15, 0.2) is 0 Å². The minimum absolute atomic E-state index is 0.208. The van der Waals surface area contributed by atoms with Crippen molar-refractivity contribution >= 4 is 17.7 Å². The molecule has 112 valence electrons. The van der Waals surface area contributed by atoms with Crippen molar-refractivity contribution < 1.29 is 13.9 Å². The van der Waals surface area contributed by atoms with Crippen molar-refractivity contribution in [2.75, 3.05) is 18.9 Å². The summed E-state index contributed by atoms with van der Waals surface area (Å²) in [5.74, 6) is 0.297. The second-order valence-corrected chi connectivity index (χ2v) is 5.52. The molecule has 0 spiro atoms. The van der Waals surface area contributed by atoms with Gasteiger partial charge in [0.1, 0.15) is 11.9 Å². The first kappa shape index (κ1) is 17.0. The first-order chi connectivity index (χ1) is 9.67. The van der Waals surface area contributed by atoms with E-state index < -0.39 is 0 Å². The van der Waals surface area contributed by atoms with Crippen molar-refractivity contribution in [1.82, 2.24) is 5.32 Å². The number of esters is 1. The van der Waals surface area contributed by atoms with Crippen LogP contribution in [0.25, 0.3) is 0 Å². The molecule has 1 unspecified atom stereocenters. The Morgan fingerprint density at radius 2 is 2.25 bits per heavy atom. The van der Waals surface area contributed by atoms with Gasteiger partial charge in [-0.05, 0) is 44.5 Å². The van der Waals surface area contributed by atoms with Crippen LogP contribution >= 0.6 is 11.8 Å². The topological polar surface area (TPSA) is 38.3 Å². The molecule has 0 aliphatic carbocycles. The zero-order valence-corrected chi connectivity index (χ0v) is 12.8. The first-order valence-electron chi connectivity index (χ1n) is 6.95. The second kappa shape index (κ2) is 9.77. The Morgan fingerprint density at radius 1 is 1.45 bits per heavy atom. The van der Waals surface area contributed by atoms with Gasteiger partial charge in [0.05, 0.1) is 6.61 Å². The van der Waals surface area contributed by atoms with E-state index in [0.717, 1.165) is 23.6 Å². The van der Waals surface area contributed by atoms with Gasteiger partial charge in [-0.25, -0.2) is 4.39 Å². The summed E-state index contributed by atoms with van der Waals surface area (Å²) in [6.45, 7) is 5.03. The summed E-state index contributed by atoms with van der Waals surface area (Å²) >= 11 is 1.54. The van der Waals surface area contributed by atoms with Gasteiger partial charge < -0.3 is 10.1 Å². The molecule has 0 amide bonds. The van der Waals surface area contributed by atoms with E-state index in [1.807, 2.05) is 6.07 Å². The Labute approximate surface area is 124 Å². The number of nitrogens with one attached hydrogen (secondary N) is 1. The van der Waals surface area contributed by atoms with Crippen molar-refractivity contribution in [3.8, 4) is 0 Å². The Balaban J connectivity index is 2.42. The maximum Gasteiger partial charge on any atom is 0.323 e. The van der Waals surface area contributed by atoms with Gasteiger partial charge in [-0.3, -0.25) is 4.79 Å². The van der Waals surface area contributed by atoms with E-state index in [1.54, 1.807) is 24.8 Å². The molecule has 1 N–H and O–H groups in total. The van der Waals surface area contributed by atoms with Crippen LogP contribution in [0.3, 0.4) is 0 Å². The number of hydrogen-bond donors (Lipinski definition) is 1. The molecular formula is C15H22FNO2S. The highest BCUT2D eigenvalue weighted by atomic mass is 32.2. The van der Waals surface area contributed by atoms with Gasteiger partial charge in [0.25, 0.3) is 0 Å². The Bertz CT molecular complexity index is 415. The number of halogens is 1. The largest absolute Gasteiger partial charge is 0.465 e. The van der Waals surface area contributed by atoms with Gasteiger partial charge in [-0.1, -0.05) is 13.0 Å². The van der Waals surface area contributed by atoms with Crippen LogP contribution in [0.1, 0.15) is 26.7 Å². The average Bonchev–Trinajstić information content (AvgIpc) is 2.43. The molecule has 3 nitrogen and oxygen atoms in total. The molecule has 0 aromatic heterocycles. The van der Waals surface area contributed by atoms with Crippen LogP contribution in [0, 0.1) is 5.82 Å². The highest BCUT2D eigenvalue weighted by Gasteiger charge is 2.18. The SMILES string of the molecule is CCCNC(CCSc1cccc(F)c1)C(=O)OCC. The molecule has 0 heterocycles. The second-order valence-electron chi connectivity index (χ2n) is 4.35. The van der Waals surface area contributed by atoms with Crippen LogP contribution in [0.2, 0.25) is 0 Å². The molecule has 20 heavy (non-hydrogen) atoms. The highest BCUT2D eigenvalue weighted by Crippen LogP contribution is 2.20. The number of benzene rings is 1. The molecule has 0 aliphatic heterocycles. The van der Waals surface area contributed by atoms with Gasteiger partial charge in [0, 0.05) is 10.6 Å². The minimum atomic E-state index is -0.282. The van der Waals surface area contributed by atoms with Crippen molar-refractivity contribution in [2.24, 2.45) is 0 Å². The quantitative estimate of drug-likeness (QED) is 0.561. The molecule has 0 fully saturated rings. The van der Waals surface area contributed by atoms with Crippen molar-refractivity contribution in [3.05, 3.63) is 30.1 Å². The van der Waals surface area contributed by atoms with E-state index in [0.29, 0.717) is 13.0 Å². The lowest BCUT2D eigenvalue weighted by Crippen LogP contribution is -2.39. The van der Waals surface area contributed by atoms with E-state index >= 15 is 0 Å². The van der Waals surface area contributed by atoms with Crippen molar-refractivity contribution in [3.63, 3.8) is 0 Å². The fraction of sp³-hybridized carbons (Fsp3) is 0.533. The third-order valence-electron chi connectivity index (χ3n) is 2.68. The van der Waals surface area contributed by atoms with E-state index in [2.05, 4.69) is 12.2 Å². The fourth-order valence-corrected chi connectivity index (χ4v) is 2.68. The zero-order valence-electron chi connectivity index (χ0n) is 12.0. The van der Waals surface area contributed by atoms with Gasteiger partial charge >= 0.3 is 5.97 Å². The average molecular weight is 299 g/mol. The summed E-state index contributed by atoms with van der Waals surface area (Å²) < 4.78 is 18.1. The lowest BCUT2D eigenvalue weighted by atomic mass is 10.2. The van der Waals surface area contributed by atoms with Crippen LogP contribution < -0.4 is 5.32 Å². The molecule has 0 saturated carbocycles. The standard InChI is InChI=1S/C15H22FNO2S/c1-3-9-17-14(15(18)19-4-2)8-10-20-13-7-5-6-12(16)11-13/h5-7,11,14,17H,3-4,8-10H2,1-2H3. The van der Waals surface area contributed by atoms with E-state index in [1.165, 1.54) is 12.1 Å². The molecular weight excluding hydrogens is 277 g/mol. The molecule has 0 aliphatic rings. The number of rotatable bonds is 9. The lowest BCUT2D eigenvalue weighted by Gasteiger charge is -2.16. The van der Waals surface area contributed by atoms with Gasteiger partial charge in [-0.15, -0.1) is 11.8 Å². The smallest absolute Gasteiger partial charge is 0.323 e. The highest BCUT2D eigenvalue weighted by molar-refractivity contribution is 7.99. The van der Waals surface area contributed by atoms with Crippen LogP contribution in [-0.2, 0) is 9.53 Å². The maximum absolute atomic E-state index is 13.0. The van der Waals surface area contributed by atoms with Gasteiger partial charge in [0.2, 0.25) is 0 Å². The Kier molecular flexibility index (Phi) is 8.30. The Hall–Kier alpha value is -1.07. The van der Waals surface area contributed by atoms with Crippen LogP contribution in [0.15, 0.2) is 29.2 Å². The predicted molar refractivity (Wildman–Crippen MR) is 80.5 cm³/mol. The van der Waals surface area contributed by atoms with Gasteiger partial charge in [-0.2, -0.15) is 0 Å². The summed E-state index contributed by atoms with van der Waals surface area (Å²) in [7, 11) is 0. The molecule has 1 aromatic carbocycles. The predicted octanol–water partition coefficient (Wildman–Crippen LogP) is 3.24.